The first-order valence-electron chi connectivity index (χ1n) is 11.0. The normalized spacial score (nSPS) is 19.7. The summed E-state index contributed by atoms with van der Waals surface area (Å²) in [5.41, 5.74) is 4.26. The van der Waals surface area contributed by atoms with Crippen LogP contribution in [0.15, 0.2) is 52.8 Å². The smallest absolute Gasteiger partial charge is 0.253 e. The number of pyridine rings is 1. The van der Waals surface area contributed by atoms with E-state index in [1.54, 1.807) is 6.08 Å². The van der Waals surface area contributed by atoms with Gasteiger partial charge in [-0.1, -0.05) is 19.1 Å². The van der Waals surface area contributed by atoms with Gasteiger partial charge in [0.25, 0.3) is 5.91 Å². The van der Waals surface area contributed by atoms with Gasteiger partial charge in [-0.3, -0.25) is 14.6 Å². The van der Waals surface area contributed by atoms with Crippen molar-refractivity contribution < 1.29 is 9.59 Å². The van der Waals surface area contributed by atoms with Crippen LogP contribution in [-0.4, -0.2) is 46.5 Å². The second-order valence-corrected chi connectivity index (χ2v) is 8.52. The van der Waals surface area contributed by atoms with Crippen LogP contribution < -0.4 is 5.32 Å². The molecule has 0 aromatic carbocycles. The average Bonchev–Trinajstić information content (AvgIpc) is 3.54. The molecule has 7 heteroatoms. The van der Waals surface area contributed by atoms with Gasteiger partial charge in [0, 0.05) is 41.9 Å². The molecule has 1 aliphatic carbocycles. The van der Waals surface area contributed by atoms with Gasteiger partial charge in [-0.25, -0.2) is 4.98 Å². The summed E-state index contributed by atoms with van der Waals surface area (Å²) in [6.07, 6.45) is 9.43. The van der Waals surface area contributed by atoms with Crippen molar-refractivity contribution >= 4 is 41.0 Å². The number of nitrogens with one attached hydrogen (secondary N) is 2. The molecule has 3 heterocycles. The second-order valence-electron chi connectivity index (χ2n) is 8.52. The number of amides is 2. The van der Waals surface area contributed by atoms with Crippen molar-refractivity contribution in [2.75, 3.05) is 18.4 Å². The van der Waals surface area contributed by atoms with E-state index in [2.05, 4.69) is 40.0 Å². The number of rotatable bonds is 6. The molecular weight excluding hydrogens is 402 g/mol. The molecule has 2 N–H and O–H groups in total. The van der Waals surface area contributed by atoms with E-state index in [0.29, 0.717) is 30.2 Å². The van der Waals surface area contributed by atoms with Gasteiger partial charge in [0.05, 0.1) is 0 Å². The van der Waals surface area contributed by atoms with E-state index in [9.17, 15) is 9.59 Å². The molecular formula is C25H29N5O2. The lowest BCUT2D eigenvalue weighted by molar-refractivity contribution is -0.126. The number of anilines is 1. The van der Waals surface area contributed by atoms with Crippen molar-refractivity contribution in [3.8, 4) is 0 Å². The molecule has 2 aromatic rings. The lowest BCUT2D eigenvalue weighted by Crippen LogP contribution is -2.38. The molecule has 2 aliphatic rings. The fourth-order valence-corrected chi connectivity index (χ4v) is 4.09. The van der Waals surface area contributed by atoms with Crippen molar-refractivity contribution in [2.24, 2.45) is 16.8 Å². The van der Waals surface area contributed by atoms with E-state index in [0.717, 1.165) is 35.0 Å². The van der Waals surface area contributed by atoms with Crippen LogP contribution >= 0.6 is 0 Å². The zero-order valence-corrected chi connectivity index (χ0v) is 18.8. The van der Waals surface area contributed by atoms with E-state index in [1.807, 2.05) is 43.2 Å². The summed E-state index contributed by atoms with van der Waals surface area (Å²) in [5.74, 6) is 0.819. The molecule has 1 saturated carbocycles. The quantitative estimate of drug-likeness (QED) is 0.405. The Kier molecular flexibility index (Phi) is 6.08. The first-order chi connectivity index (χ1) is 15.4. The van der Waals surface area contributed by atoms with Crippen LogP contribution in [-0.2, 0) is 9.59 Å². The van der Waals surface area contributed by atoms with E-state index in [4.69, 9.17) is 0 Å². The SMILES string of the molecule is C=N/C(C)=C\C(=C/C)C(=O)N1CC=C(c2cc(NC(=O)C3CC3)nc3[nH]ccc23)[C@H](C)C1. The Balaban J connectivity index is 1.61. The highest BCUT2D eigenvalue weighted by atomic mass is 16.2. The first-order valence-corrected chi connectivity index (χ1v) is 11.0. The number of fused-ring (bicyclic) bond motifs is 1. The van der Waals surface area contributed by atoms with Gasteiger partial charge in [-0.2, -0.15) is 0 Å². The molecule has 0 unspecified atom stereocenters. The minimum absolute atomic E-state index is 0.0171. The Morgan fingerprint density at radius 1 is 1.38 bits per heavy atom. The van der Waals surface area contributed by atoms with Crippen LogP contribution in [0.4, 0.5) is 5.82 Å². The van der Waals surface area contributed by atoms with Gasteiger partial charge in [-0.05, 0) is 68.7 Å². The van der Waals surface area contributed by atoms with E-state index in [-0.39, 0.29) is 23.7 Å². The lowest BCUT2D eigenvalue weighted by Gasteiger charge is -2.32. The molecule has 0 saturated heterocycles. The van der Waals surface area contributed by atoms with Crippen LogP contribution in [0.2, 0.25) is 0 Å². The third-order valence-electron chi connectivity index (χ3n) is 6.05. The van der Waals surface area contributed by atoms with Crippen molar-refractivity contribution in [2.45, 2.75) is 33.6 Å². The highest BCUT2D eigenvalue weighted by Gasteiger charge is 2.30. The number of carbonyl (C=O) groups is 2. The maximum absolute atomic E-state index is 13.0. The largest absolute Gasteiger partial charge is 0.346 e. The Morgan fingerprint density at radius 2 is 2.16 bits per heavy atom. The topological polar surface area (TPSA) is 90.4 Å². The number of aromatic amines is 1. The number of nitrogens with zero attached hydrogens (tertiary/aromatic N) is 3. The maximum atomic E-state index is 13.0. The van der Waals surface area contributed by atoms with Crippen molar-refractivity contribution in [1.29, 1.82) is 0 Å². The standard InChI is InChI=1S/C25H29N5O2/c1-5-17(12-16(3)26-4)25(32)30-11-9-19(15(2)14-30)21-13-22(29-24(31)18-6-7-18)28-23-20(21)8-10-27-23/h5,8-10,12-13,15,18H,4,6-7,11,14H2,1-3H3,(H2,27,28,29,31)/b16-12-,17-5+/t15-/m1/s1. The predicted octanol–water partition coefficient (Wildman–Crippen LogP) is 4.32. The van der Waals surface area contributed by atoms with E-state index in [1.165, 1.54) is 0 Å². The summed E-state index contributed by atoms with van der Waals surface area (Å²) in [7, 11) is 0. The molecule has 0 spiro atoms. The first kappa shape index (κ1) is 21.7. The van der Waals surface area contributed by atoms with Crippen LogP contribution in [0, 0.1) is 11.8 Å². The number of allylic oxidation sites excluding steroid dienone is 2. The molecule has 2 amide bonds. The number of aliphatic imine (C=N–C) groups is 1. The zero-order valence-electron chi connectivity index (χ0n) is 18.8. The minimum Gasteiger partial charge on any atom is -0.346 e. The molecule has 4 rings (SSSR count). The van der Waals surface area contributed by atoms with Gasteiger partial charge in [0.2, 0.25) is 5.91 Å². The van der Waals surface area contributed by atoms with Crippen LogP contribution in [0.3, 0.4) is 0 Å². The van der Waals surface area contributed by atoms with Crippen LogP contribution in [0.25, 0.3) is 16.6 Å². The monoisotopic (exact) mass is 431 g/mol. The van der Waals surface area contributed by atoms with Crippen LogP contribution in [0.1, 0.15) is 39.2 Å². The summed E-state index contributed by atoms with van der Waals surface area (Å²) in [4.78, 5) is 38.8. The molecule has 1 fully saturated rings. The molecule has 166 valence electrons. The average molecular weight is 432 g/mol. The molecule has 32 heavy (non-hydrogen) atoms. The van der Waals surface area contributed by atoms with Crippen molar-refractivity contribution in [3.63, 3.8) is 0 Å². The fourth-order valence-electron chi connectivity index (χ4n) is 4.09. The summed E-state index contributed by atoms with van der Waals surface area (Å²) in [6, 6.07) is 3.96. The second kappa shape index (κ2) is 8.94. The van der Waals surface area contributed by atoms with Gasteiger partial charge in [0.1, 0.15) is 11.5 Å². The van der Waals surface area contributed by atoms with Crippen LogP contribution in [0.5, 0.6) is 0 Å². The maximum Gasteiger partial charge on any atom is 0.253 e. The summed E-state index contributed by atoms with van der Waals surface area (Å²) < 4.78 is 0. The molecule has 1 aliphatic heterocycles. The Morgan fingerprint density at radius 3 is 2.81 bits per heavy atom. The predicted molar refractivity (Wildman–Crippen MR) is 128 cm³/mol. The lowest BCUT2D eigenvalue weighted by atomic mass is 9.89. The molecule has 0 bridgehead atoms. The number of H-pyrrole nitrogens is 1. The highest BCUT2D eigenvalue weighted by molar-refractivity contribution is 5.99. The summed E-state index contributed by atoms with van der Waals surface area (Å²) in [6.45, 7) is 10.4. The third-order valence-corrected chi connectivity index (χ3v) is 6.05. The van der Waals surface area contributed by atoms with E-state index < -0.39 is 0 Å². The summed E-state index contributed by atoms with van der Waals surface area (Å²) in [5, 5.41) is 3.97. The van der Waals surface area contributed by atoms with Crippen molar-refractivity contribution in [3.05, 3.63) is 53.4 Å². The van der Waals surface area contributed by atoms with E-state index >= 15 is 0 Å². The number of hydrogen-bond acceptors (Lipinski definition) is 4. The zero-order chi connectivity index (χ0) is 22.8. The fraction of sp³-hybridized carbons (Fsp3) is 0.360. The Hall–Kier alpha value is -3.48. The number of carbonyl (C=O) groups excluding carboxylic acids is 2. The third kappa shape index (κ3) is 4.42. The van der Waals surface area contributed by atoms with Gasteiger partial charge in [0.15, 0.2) is 0 Å². The molecule has 1 atom stereocenters. The summed E-state index contributed by atoms with van der Waals surface area (Å²) >= 11 is 0. The molecule has 0 radical (unpaired) electrons. The minimum atomic E-state index is -0.0171. The van der Waals surface area contributed by atoms with Gasteiger partial charge >= 0.3 is 0 Å². The van der Waals surface area contributed by atoms with Crippen molar-refractivity contribution in [1.82, 2.24) is 14.9 Å². The number of hydrogen-bond donors (Lipinski definition) is 2. The number of aromatic nitrogens is 2. The van der Waals surface area contributed by atoms with Gasteiger partial charge < -0.3 is 15.2 Å². The molecule has 7 nitrogen and oxygen atoms in total. The Bertz CT molecular complexity index is 1170. The molecule has 2 aromatic heterocycles. The Labute approximate surface area is 188 Å². The highest BCUT2D eigenvalue weighted by Crippen LogP contribution is 2.35. The van der Waals surface area contributed by atoms with Gasteiger partial charge in [-0.15, -0.1) is 0 Å².